The molecule has 8 nitrogen and oxygen atoms in total. The topological polar surface area (TPSA) is 106 Å². The number of imide groups is 1. The molecule has 2 aliphatic rings. The van der Waals surface area contributed by atoms with E-state index in [1.807, 2.05) is 70.9 Å². The number of nitrogens with one attached hydrogen (secondary N) is 1. The Bertz CT molecular complexity index is 1570. The Hall–Kier alpha value is -3.98. The summed E-state index contributed by atoms with van der Waals surface area (Å²) >= 11 is 0. The predicted octanol–water partition coefficient (Wildman–Crippen LogP) is 2.51. The molecule has 2 aliphatic heterocycles. The number of carbonyl (C=O) groups is 2. The lowest BCUT2D eigenvalue weighted by atomic mass is 9.95. The van der Waals surface area contributed by atoms with E-state index in [9.17, 15) is 19.8 Å². The van der Waals surface area contributed by atoms with E-state index in [2.05, 4.69) is 5.32 Å². The van der Waals surface area contributed by atoms with Gasteiger partial charge >= 0.3 is 0 Å². The van der Waals surface area contributed by atoms with Gasteiger partial charge in [-0.15, -0.1) is 0 Å². The molecule has 2 aromatic heterocycles. The molecule has 0 spiro atoms. The second kappa shape index (κ2) is 8.06. The molecular formula is C27H23N3O5. The largest absolute Gasteiger partial charge is 0.394 e. The Morgan fingerprint density at radius 3 is 2.17 bits per heavy atom. The minimum atomic E-state index is -0.906. The number of benzene rings is 2. The van der Waals surface area contributed by atoms with Gasteiger partial charge in [0.05, 0.1) is 23.3 Å². The average Bonchev–Trinajstić information content (AvgIpc) is 3.50. The average molecular weight is 469 g/mol. The Morgan fingerprint density at radius 2 is 1.49 bits per heavy atom. The summed E-state index contributed by atoms with van der Waals surface area (Å²) < 4.78 is 9.71. The molecule has 176 valence electrons. The monoisotopic (exact) mass is 469 g/mol. The lowest BCUT2D eigenvalue weighted by Crippen LogP contribution is -2.36. The van der Waals surface area contributed by atoms with Crippen LogP contribution >= 0.6 is 0 Å². The van der Waals surface area contributed by atoms with Crippen molar-refractivity contribution in [2.75, 3.05) is 6.61 Å². The first-order valence-corrected chi connectivity index (χ1v) is 11.3. The normalized spacial score (nSPS) is 22.5. The number of amides is 2. The van der Waals surface area contributed by atoms with E-state index in [4.69, 9.17) is 4.74 Å². The van der Waals surface area contributed by atoms with E-state index in [0.29, 0.717) is 22.3 Å². The van der Waals surface area contributed by atoms with Gasteiger partial charge in [-0.1, -0.05) is 42.5 Å². The van der Waals surface area contributed by atoms with Gasteiger partial charge in [-0.25, -0.2) is 0 Å². The Kier molecular flexibility index (Phi) is 4.96. The van der Waals surface area contributed by atoms with E-state index in [0.717, 1.165) is 21.8 Å². The lowest BCUT2D eigenvalue weighted by Gasteiger charge is -2.29. The van der Waals surface area contributed by atoms with Crippen LogP contribution in [0.2, 0.25) is 0 Å². The van der Waals surface area contributed by atoms with Crippen molar-refractivity contribution in [2.45, 2.75) is 18.4 Å². The van der Waals surface area contributed by atoms with Crippen molar-refractivity contribution in [3.8, 4) is 0 Å². The summed E-state index contributed by atoms with van der Waals surface area (Å²) in [4.78, 5) is 26.3. The van der Waals surface area contributed by atoms with Crippen molar-refractivity contribution in [3.63, 3.8) is 0 Å². The minimum absolute atomic E-state index is 0.305. The second-order valence-corrected chi connectivity index (χ2v) is 8.79. The maximum absolute atomic E-state index is 13.2. The molecule has 4 heterocycles. The zero-order chi connectivity index (χ0) is 24.3. The number of rotatable bonds is 4. The maximum Gasteiger partial charge on any atom is 0.259 e. The molecule has 0 unspecified atom stereocenters. The van der Waals surface area contributed by atoms with E-state index in [1.165, 1.54) is 0 Å². The van der Waals surface area contributed by atoms with Crippen molar-refractivity contribution < 1.29 is 24.5 Å². The zero-order valence-corrected chi connectivity index (χ0v) is 18.9. The van der Waals surface area contributed by atoms with E-state index in [1.54, 1.807) is 18.3 Å². The van der Waals surface area contributed by atoms with Crippen LogP contribution in [0.25, 0.3) is 33.0 Å². The lowest BCUT2D eigenvalue weighted by molar-refractivity contribution is -0.122. The quantitative estimate of drug-likeness (QED) is 0.315. The number of aryl methyl sites for hydroxylation is 1. The fraction of sp³-hybridized carbons (Fsp3) is 0.185. The molecule has 0 saturated heterocycles. The number of carbonyl (C=O) groups excluding carboxylic acids is 2. The van der Waals surface area contributed by atoms with Crippen molar-refractivity contribution in [1.82, 2.24) is 14.5 Å². The first-order chi connectivity index (χ1) is 17.0. The molecule has 2 aromatic carbocycles. The van der Waals surface area contributed by atoms with Crippen LogP contribution in [-0.2, 0) is 21.4 Å². The third kappa shape index (κ3) is 3.26. The van der Waals surface area contributed by atoms with Crippen LogP contribution in [0.15, 0.2) is 73.1 Å². The first kappa shape index (κ1) is 21.5. The fourth-order valence-corrected chi connectivity index (χ4v) is 5.07. The van der Waals surface area contributed by atoms with Crippen molar-refractivity contribution in [2.24, 2.45) is 7.05 Å². The molecular weight excluding hydrogens is 446 g/mol. The number of hydrogen-bond donors (Lipinski definition) is 3. The summed E-state index contributed by atoms with van der Waals surface area (Å²) in [5.74, 6) is -0.889. The highest BCUT2D eigenvalue weighted by Crippen LogP contribution is 2.40. The number of aromatic nitrogens is 2. The Morgan fingerprint density at radius 1 is 0.886 bits per heavy atom. The number of para-hydroxylation sites is 2. The summed E-state index contributed by atoms with van der Waals surface area (Å²) in [5.41, 5.74) is 3.69. The van der Waals surface area contributed by atoms with E-state index >= 15 is 0 Å². The number of fused-ring (bicyclic) bond motifs is 2. The van der Waals surface area contributed by atoms with Crippen LogP contribution in [0.4, 0.5) is 0 Å². The standard InChI is InChI=1S/C27H23N3O5/c1-29-12-17(15-6-2-4-8-19(15)29)24-25(27(34)28-26(24)33)18-13-30(20-9-5-3-7-16(18)20)23-11-10-21(32)22(14-31)35-23/h2-13,21-23,31-32H,14H2,1H3,(H,28,33,34)/t21-,22+,23-/m0/s1. The molecule has 6 rings (SSSR count). The molecule has 0 fully saturated rings. The molecule has 0 aliphatic carbocycles. The molecule has 2 amide bonds. The molecule has 0 saturated carbocycles. The van der Waals surface area contributed by atoms with Gasteiger partial charge in [0, 0.05) is 46.9 Å². The van der Waals surface area contributed by atoms with Gasteiger partial charge in [-0.2, -0.15) is 0 Å². The van der Waals surface area contributed by atoms with Gasteiger partial charge in [-0.05, 0) is 18.2 Å². The number of aliphatic hydroxyl groups excluding tert-OH is 2. The zero-order valence-electron chi connectivity index (χ0n) is 18.9. The Labute approximate surface area is 200 Å². The summed E-state index contributed by atoms with van der Waals surface area (Å²) in [6.45, 7) is -0.332. The maximum atomic E-state index is 13.2. The fourth-order valence-electron chi connectivity index (χ4n) is 5.07. The van der Waals surface area contributed by atoms with Crippen LogP contribution in [0.1, 0.15) is 17.4 Å². The van der Waals surface area contributed by atoms with Crippen LogP contribution in [0.3, 0.4) is 0 Å². The highest BCUT2D eigenvalue weighted by atomic mass is 16.5. The summed E-state index contributed by atoms with van der Waals surface area (Å²) in [6, 6.07) is 15.3. The second-order valence-electron chi connectivity index (χ2n) is 8.79. The summed E-state index contributed by atoms with van der Waals surface area (Å²) in [5, 5.41) is 23.8. The van der Waals surface area contributed by atoms with Crippen molar-refractivity contribution >= 4 is 44.8 Å². The predicted molar refractivity (Wildman–Crippen MR) is 131 cm³/mol. The molecule has 3 atom stereocenters. The van der Waals surface area contributed by atoms with Crippen molar-refractivity contribution in [3.05, 3.63) is 84.2 Å². The smallest absolute Gasteiger partial charge is 0.259 e. The van der Waals surface area contributed by atoms with Crippen LogP contribution in [0.5, 0.6) is 0 Å². The van der Waals surface area contributed by atoms with Crippen LogP contribution in [0, 0.1) is 0 Å². The molecule has 4 aromatic rings. The number of ether oxygens (including phenoxy) is 1. The van der Waals surface area contributed by atoms with Gasteiger partial charge in [0.25, 0.3) is 11.8 Å². The van der Waals surface area contributed by atoms with Gasteiger partial charge in [0.15, 0.2) is 6.23 Å². The van der Waals surface area contributed by atoms with Gasteiger partial charge in [0.2, 0.25) is 0 Å². The molecule has 35 heavy (non-hydrogen) atoms. The van der Waals surface area contributed by atoms with Crippen LogP contribution < -0.4 is 5.32 Å². The number of aliphatic hydroxyl groups is 2. The van der Waals surface area contributed by atoms with E-state index < -0.39 is 30.3 Å². The molecule has 3 N–H and O–H groups in total. The van der Waals surface area contributed by atoms with Gasteiger partial charge in [-0.3, -0.25) is 14.9 Å². The van der Waals surface area contributed by atoms with E-state index in [-0.39, 0.29) is 6.61 Å². The third-order valence-corrected chi connectivity index (χ3v) is 6.73. The SMILES string of the molecule is Cn1cc(C2=C(c3cn([C@@H]4C=C[C@H](O)[C@@H](CO)O4)c4ccccc34)C(=O)NC2=O)c2ccccc21. The molecule has 0 bridgehead atoms. The minimum Gasteiger partial charge on any atom is -0.394 e. The van der Waals surface area contributed by atoms with Gasteiger partial charge in [0.1, 0.15) is 12.2 Å². The highest BCUT2D eigenvalue weighted by molar-refractivity contribution is 6.50. The number of nitrogens with zero attached hydrogens (tertiary/aromatic N) is 2. The molecule has 8 heteroatoms. The highest BCUT2D eigenvalue weighted by Gasteiger charge is 2.36. The Balaban J connectivity index is 1.59. The van der Waals surface area contributed by atoms with Crippen molar-refractivity contribution in [1.29, 1.82) is 0 Å². The number of hydrogen-bond acceptors (Lipinski definition) is 5. The summed E-state index contributed by atoms with van der Waals surface area (Å²) in [7, 11) is 1.91. The van der Waals surface area contributed by atoms with Crippen LogP contribution in [-0.4, -0.2) is 50.0 Å². The first-order valence-electron chi connectivity index (χ1n) is 11.3. The molecule has 0 radical (unpaired) electrons. The van der Waals surface area contributed by atoms with Gasteiger partial charge < -0.3 is 24.1 Å². The third-order valence-electron chi connectivity index (χ3n) is 6.73. The summed E-state index contributed by atoms with van der Waals surface area (Å²) in [6.07, 6.45) is 4.70.